The first-order valence-corrected chi connectivity index (χ1v) is 33.1. The van der Waals surface area contributed by atoms with E-state index in [9.17, 15) is 38.2 Å². The molecule has 1 saturated heterocycles. The molecule has 0 aromatic rings. The Morgan fingerprint density at radius 1 is 0.520 bits per heavy atom. The monoisotopic (exact) mass is 1090 g/mol. The van der Waals surface area contributed by atoms with E-state index in [1.165, 1.54) is 244 Å². The molecule has 1 aliphatic heterocycles. The number of nitrogens with one attached hydrogen (secondary N) is 1. The minimum Gasteiger partial charge on any atom is -0.394 e. The van der Waals surface area contributed by atoms with E-state index in [0.717, 1.165) is 38.5 Å². The molecular weight excluding hydrogens is 967 g/mol. The number of hydrogen-bond donors (Lipinski definition) is 6. The molecule has 0 saturated carbocycles. The smallest absolute Gasteiger partial charge is 0.394 e. The number of amides is 1. The number of aliphatic hydroxyl groups is 4. The van der Waals surface area contributed by atoms with Gasteiger partial charge in [0.05, 0.1) is 25.4 Å². The number of ether oxygens (including phenoxy) is 2. The lowest BCUT2D eigenvalue weighted by Crippen LogP contribution is -2.61. The van der Waals surface area contributed by atoms with Crippen molar-refractivity contribution in [2.24, 2.45) is 0 Å². The van der Waals surface area contributed by atoms with Crippen LogP contribution in [0.4, 0.5) is 0 Å². The van der Waals surface area contributed by atoms with Gasteiger partial charge in [0.25, 0.3) is 0 Å². The first-order valence-electron chi connectivity index (χ1n) is 31.7. The summed E-state index contributed by atoms with van der Waals surface area (Å²) in [5.74, 6) is -0.257. The molecule has 12 nitrogen and oxygen atoms in total. The summed E-state index contributed by atoms with van der Waals surface area (Å²) < 4.78 is 47.9. The van der Waals surface area contributed by atoms with Crippen LogP contribution in [0.3, 0.4) is 0 Å². The molecule has 1 amide bonds. The molecule has 6 N–H and O–H groups in total. The van der Waals surface area contributed by atoms with Crippen molar-refractivity contribution in [3.63, 3.8) is 0 Å². The Morgan fingerprint density at radius 3 is 1.20 bits per heavy atom. The second-order valence-electron chi connectivity index (χ2n) is 22.4. The van der Waals surface area contributed by atoms with E-state index in [0.29, 0.717) is 6.42 Å². The molecule has 1 fully saturated rings. The molecule has 1 rings (SSSR count). The quantitative estimate of drug-likeness (QED) is 0.0193. The average molecular weight is 1090 g/mol. The standard InChI is InChI=1S/C62H119NO11S/c1-3-5-7-9-11-13-15-17-19-21-22-23-24-25-26-27-28-29-30-31-32-33-34-36-38-40-42-44-46-48-50-52-58(66)63-55(54-72-62-60(68)61(74-75(69,70)71)59(67)57(53-64)73-62)56(65)51-49-47-45-43-41-39-37-35-20-18-16-14-12-10-8-6-4-2/h25-26,49,51,55-57,59-62,64-65,67-68H,3-24,27-48,50,52-54H2,1-2H3,(H,63,66)(H,69,70,71)/b26-25-,51-49+. The van der Waals surface area contributed by atoms with Crippen LogP contribution in [0.5, 0.6) is 0 Å². The third kappa shape index (κ3) is 44.1. The predicted octanol–water partition coefficient (Wildman–Crippen LogP) is 15.6. The molecule has 13 heteroatoms. The Morgan fingerprint density at radius 2 is 0.853 bits per heavy atom. The first-order chi connectivity index (χ1) is 36.5. The van der Waals surface area contributed by atoms with E-state index < -0.39 is 59.9 Å². The van der Waals surface area contributed by atoms with Crippen molar-refractivity contribution in [2.75, 3.05) is 13.2 Å². The number of allylic oxidation sites excluding steroid dienone is 3. The number of carbonyl (C=O) groups is 1. The summed E-state index contributed by atoms with van der Waals surface area (Å²) >= 11 is 0. The first kappa shape index (κ1) is 71.6. The molecule has 7 atom stereocenters. The normalized spacial score (nSPS) is 19.2. The van der Waals surface area contributed by atoms with Crippen LogP contribution in [0.2, 0.25) is 0 Å². The van der Waals surface area contributed by atoms with Crippen LogP contribution in [0.1, 0.15) is 309 Å². The van der Waals surface area contributed by atoms with Gasteiger partial charge in [-0.1, -0.05) is 282 Å². The zero-order valence-electron chi connectivity index (χ0n) is 48.4. The van der Waals surface area contributed by atoms with Gasteiger partial charge in [0.2, 0.25) is 5.91 Å². The number of rotatable bonds is 56. The molecular formula is C62H119NO11S. The summed E-state index contributed by atoms with van der Waals surface area (Å²) in [6.07, 6.45) is 56.7. The Bertz CT molecular complexity index is 1420. The van der Waals surface area contributed by atoms with E-state index in [2.05, 4.69) is 35.5 Å². The lowest BCUT2D eigenvalue weighted by atomic mass is 9.99. The largest absolute Gasteiger partial charge is 0.397 e. The van der Waals surface area contributed by atoms with Gasteiger partial charge in [-0.15, -0.1) is 0 Å². The van der Waals surface area contributed by atoms with Crippen molar-refractivity contribution in [3.8, 4) is 0 Å². The van der Waals surface area contributed by atoms with Gasteiger partial charge in [-0.3, -0.25) is 9.35 Å². The highest BCUT2D eigenvalue weighted by atomic mass is 32.3. The number of carbonyl (C=O) groups excluding carboxylic acids is 1. The van der Waals surface area contributed by atoms with Crippen LogP contribution in [0, 0.1) is 0 Å². The lowest BCUT2D eigenvalue weighted by Gasteiger charge is -2.41. The van der Waals surface area contributed by atoms with E-state index in [1.54, 1.807) is 6.08 Å². The molecule has 7 unspecified atom stereocenters. The fourth-order valence-electron chi connectivity index (χ4n) is 10.3. The molecule has 0 radical (unpaired) electrons. The Balaban J connectivity index is 2.26. The van der Waals surface area contributed by atoms with Gasteiger partial charge in [-0.25, -0.2) is 4.18 Å². The maximum absolute atomic E-state index is 13.2. The fourth-order valence-corrected chi connectivity index (χ4v) is 10.8. The van der Waals surface area contributed by atoms with Gasteiger partial charge >= 0.3 is 10.4 Å². The molecule has 0 bridgehead atoms. The third-order valence-electron chi connectivity index (χ3n) is 15.2. The summed E-state index contributed by atoms with van der Waals surface area (Å²) in [5.41, 5.74) is 0. The topological polar surface area (TPSA) is 192 Å². The van der Waals surface area contributed by atoms with Crippen LogP contribution < -0.4 is 5.32 Å². The molecule has 0 spiro atoms. The summed E-state index contributed by atoms with van der Waals surface area (Å²) in [7, 11) is -5.09. The van der Waals surface area contributed by atoms with E-state index in [1.807, 2.05) is 6.08 Å². The van der Waals surface area contributed by atoms with Gasteiger partial charge in [-0.2, -0.15) is 8.42 Å². The molecule has 1 heterocycles. The zero-order chi connectivity index (χ0) is 54.7. The van der Waals surface area contributed by atoms with Gasteiger partial charge in [0.15, 0.2) is 6.29 Å². The van der Waals surface area contributed by atoms with Gasteiger partial charge in [-0.05, 0) is 44.9 Å². The van der Waals surface area contributed by atoms with Crippen LogP contribution in [0.15, 0.2) is 24.3 Å². The summed E-state index contributed by atoms with van der Waals surface area (Å²) in [6, 6.07) is -0.943. The zero-order valence-corrected chi connectivity index (χ0v) is 49.2. The molecule has 0 aliphatic carbocycles. The predicted molar refractivity (Wildman–Crippen MR) is 310 cm³/mol. The summed E-state index contributed by atoms with van der Waals surface area (Å²) in [5, 5.41) is 45.0. The highest BCUT2D eigenvalue weighted by Crippen LogP contribution is 2.26. The van der Waals surface area contributed by atoms with Gasteiger partial charge < -0.3 is 35.2 Å². The third-order valence-corrected chi connectivity index (χ3v) is 15.7. The van der Waals surface area contributed by atoms with Crippen LogP contribution >= 0.6 is 0 Å². The number of unbranched alkanes of at least 4 members (excludes halogenated alkanes) is 42. The Kier molecular flexibility index (Phi) is 49.6. The van der Waals surface area contributed by atoms with Crippen LogP contribution in [-0.4, -0.2) is 95.4 Å². The van der Waals surface area contributed by atoms with Crippen LogP contribution in [-0.2, 0) is 28.9 Å². The van der Waals surface area contributed by atoms with Gasteiger partial charge in [0.1, 0.15) is 24.4 Å². The van der Waals surface area contributed by atoms with Crippen molar-refractivity contribution >= 4 is 16.3 Å². The minimum absolute atomic E-state index is 0.257. The van der Waals surface area contributed by atoms with Crippen LogP contribution in [0.25, 0.3) is 0 Å². The van der Waals surface area contributed by atoms with E-state index in [4.69, 9.17) is 9.47 Å². The van der Waals surface area contributed by atoms with Crippen molar-refractivity contribution in [1.29, 1.82) is 0 Å². The SMILES string of the molecule is CCCCCCCCCCCCCC/C=C\CCCCCCCCCCCCCCCCCC(=O)NC(COC1OC(CO)C(O)C(OS(=O)(=O)O)C1O)C(O)/C=C/CCCCCCCCCCCCCCCCC. The van der Waals surface area contributed by atoms with E-state index in [-0.39, 0.29) is 18.9 Å². The Hall–Kier alpha value is -1.42. The van der Waals surface area contributed by atoms with Crippen molar-refractivity contribution in [1.82, 2.24) is 5.32 Å². The maximum Gasteiger partial charge on any atom is 0.397 e. The minimum atomic E-state index is -5.09. The van der Waals surface area contributed by atoms with Crippen molar-refractivity contribution < 1.29 is 51.8 Å². The average Bonchev–Trinajstić information content (AvgIpc) is 3.39. The molecule has 444 valence electrons. The number of aliphatic hydroxyl groups excluding tert-OH is 4. The summed E-state index contributed by atoms with van der Waals surface area (Å²) in [6.45, 7) is 3.44. The second kappa shape index (κ2) is 52.0. The molecule has 0 aromatic heterocycles. The lowest BCUT2D eigenvalue weighted by molar-refractivity contribution is -0.298. The fraction of sp³-hybridized carbons (Fsp3) is 0.919. The van der Waals surface area contributed by atoms with E-state index >= 15 is 0 Å². The van der Waals surface area contributed by atoms with Gasteiger partial charge in [0, 0.05) is 6.42 Å². The second-order valence-corrected chi connectivity index (χ2v) is 23.4. The van der Waals surface area contributed by atoms with Crippen molar-refractivity contribution in [2.45, 2.75) is 352 Å². The maximum atomic E-state index is 13.2. The highest BCUT2D eigenvalue weighted by Gasteiger charge is 2.48. The Labute approximate surface area is 461 Å². The summed E-state index contributed by atoms with van der Waals surface area (Å²) in [4.78, 5) is 13.2. The highest BCUT2D eigenvalue weighted by molar-refractivity contribution is 7.80. The molecule has 75 heavy (non-hydrogen) atoms. The number of hydrogen-bond acceptors (Lipinski definition) is 10. The molecule has 0 aromatic carbocycles. The van der Waals surface area contributed by atoms with Crippen molar-refractivity contribution in [3.05, 3.63) is 24.3 Å². The molecule has 1 aliphatic rings.